The molecule has 1 atom stereocenters. The molecule has 2 aliphatic rings. The van der Waals surface area contributed by atoms with E-state index in [-0.39, 0.29) is 4.70 Å². The average molecular weight is 347 g/mol. The van der Waals surface area contributed by atoms with E-state index in [1.165, 1.54) is 6.42 Å². The SMILES string of the molecule is FC(N1CCCCC1)N1CCOCC1.FP(F)(F)(F)F.[F-]. The van der Waals surface area contributed by atoms with Crippen molar-refractivity contribution >= 4 is 8.16 Å². The van der Waals surface area contributed by atoms with Crippen LogP contribution in [-0.2, 0) is 4.74 Å². The Labute approximate surface area is 119 Å². The summed E-state index contributed by atoms with van der Waals surface area (Å²) >= 11 is 0. The van der Waals surface area contributed by atoms with Crippen molar-refractivity contribution < 1.29 is 34.8 Å². The van der Waals surface area contributed by atoms with Crippen molar-refractivity contribution in [2.24, 2.45) is 0 Å². The molecule has 2 saturated heterocycles. The van der Waals surface area contributed by atoms with Crippen molar-refractivity contribution in [1.82, 2.24) is 9.80 Å². The fraction of sp³-hybridized carbons (Fsp3) is 1.00. The first kappa shape index (κ1) is 20.8. The van der Waals surface area contributed by atoms with Gasteiger partial charge in [0.05, 0.1) is 13.2 Å². The van der Waals surface area contributed by atoms with E-state index in [2.05, 4.69) is 0 Å². The van der Waals surface area contributed by atoms with Crippen LogP contribution in [0.4, 0.5) is 25.4 Å². The third-order valence-corrected chi connectivity index (χ3v) is 3.04. The predicted molar refractivity (Wildman–Crippen MR) is 65.2 cm³/mol. The molecule has 130 valence electrons. The molecule has 1 unspecified atom stereocenters. The monoisotopic (exact) mass is 347 g/mol. The molecule has 0 bridgehead atoms. The van der Waals surface area contributed by atoms with Gasteiger partial charge in [-0.15, -0.1) is 0 Å². The molecular weight excluding hydrogens is 328 g/mol. The Morgan fingerprint density at radius 1 is 0.762 bits per heavy atom. The second kappa shape index (κ2) is 8.45. The van der Waals surface area contributed by atoms with E-state index in [4.69, 9.17) is 4.74 Å². The second-order valence-electron chi connectivity index (χ2n) is 4.69. The van der Waals surface area contributed by atoms with Gasteiger partial charge >= 0.3 is 29.1 Å². The molecule has 21 heavy (non-hydrogen) atoms. The van der Waals surface area contributed by atoms with Gasteiger partial charge in [0.25, 0.3) is 0 Å². The average Bonchev–Trinajstić information content (AvgIpc) is 2.37. The molecule has 0 aliphatic carbocycles. The van der Waals surface area contributed by atoms with Crippen molar-refractivity contribution in [2.45, 2.75) is 25.7 Å². The van der Waals surface area contributed by atoms with E-state index in [0.29, 0.717) is 13.2 Å². The van der Waals surface area contributed by atoms with E-state index in [1.807, 2.05) is 9.80 Å². The summed E-state index contributed by atoms with van der Waals surface area (Å²) in [6.07, 6.45) is 2.67. The molecular formula is C10H19F7N2OP-. The van der Waals surface area contributed by atoms with Crippen LogP contribution in [0.1, 0.15) is 19.3 Å². The third kappa shape index (κ3) is 11.1. The van der Waals surface area contributed by atoms with Gasteiger partial charge in [0.2, 0.25) is 6.42 Å². The molecule has 2 heterocycles. The maximum atomic E-state index is 14.0. The Morgan fingerprint density at radius 3 is 1.57 bits per heavy atom. The minimum Gasteiger partial charge on any atom is -1.00 e. The number of hydrogen-bond acceptors (Lipinski definition) is 3. The first-order valence-corrected chi connectivity index (χ1v) is 8.11. The second-order valence-corrected chi connectivity index (χ2v) is 5.97. The number of nitrogens with zero attached hydrogens (tertiary/aromatic N) is 2. The topological polar surface area (TPSA) is 15.7 Å². The van der Waals surface area contributed by atoms with Crippen LogP contribution in [0.2, 0.25) is 0 Å². The minimum absolute atomic E-state index is 0. The van der Waals surface area contributed by atoms with Crippen molar-refractivity contribution in [2.75, 3.05) is 39.4 Å². The molecule has 0 aromatic heterocycles. The first-order valence-electron chi connectivity index (χ1n) is 6.42. The van der Waals surface area contributed by atoms with Gasteiger partial charge < -0.3 is 9.44 Å². The van der Waals surface area contributed by atoms with Crippen LogP contribution < -0.4 is 4.70 Å². The Morgan fingerprint density at radius 2 is 1.14 bits per heavy atom. The number of ether oxygens (including phenoxy) is 1. The number of piperidine rings is 1. The summed E-state index contributed by atoms with van der Waals surface area (Å²) in [4.78, 5) is 3.84. The van der Waals surface area contributed by atoms with Gasteiger partial charge in [-0.1, -0.05) is 6.42 Å². The van der Waals surface area contributed by atoms with Gasteiger partial charge in [-0.3, -0.25) is 9.80 Å². The zero-order valence-corrected chi connectivity index (χ0v) is 12.2. The molecule has 0 radical (unpaired) electrons. The summed E-state index contributed by atoms with van der Waals surface area (Å²) in [6.45, 7) is 4.65. The van der Waals surface area contributed by atoms with Gasteiger partial charge in [0, 0.05) is 26.2 Å². The molecule has 2 aliphatic heterocycles. The maximum absolute atomic E-state index is 14.0. The number of rotatable bonds is 2. The van der Waals surface area contributed by atoms with Gasteiger partial charge in [0.1, 0.15) is 0 Å². The zero-order chi connectivity index (χ0) is 15.3. The summed E-state index contributed by atoms with van der Waals surface area (Å²) in [7, 11) is -8.55. The molecule has 2 rings (SSSR count). The van der Waals surface area contributed by atoms with Crippen molar-refractivity contribution in [3.63, 3.8) is 0 Å². The zero-order valence-electron chi connectivity index (χ0n) is 11.3. The van der Waals surface area contributed by atoms with E-state index in [9.17, 15) is 25.4 Å². The fourth-order valence-electron chi connectivity index (χ4n) is 2.15. The number of alkyl halides is 1. The summed E-state index contributed by atoms with van der Waals surface area (Å²) in [5.41, 5.74) is 0. The predicted octanol–water partition coefficient (Wildman–Crippen LogP) is 1.02. The minimum atomic E-state index is -8.55. The third-order valence-electron chi connectivity index (χ3n) is 3.04. The van der Waals surface area contributed by atoms with Gasteiger partial charge in [-0.05, 0) is 12.8 Å². The van der Waals surface area contributed by atoms with Gasteiger partial charge in [-0.2, -0.15) is 0 Å². The molecule has 0 saturated carbocycles. The normalized spacial score (nSPS) is 24.8. The molecule has 11 heteroatoms. The fourth-order valence-corrected chi connectivity index (χ4v) is 2.15. The number of likely N-dealkylation sites (tertiary alicyclic amines) is 1. The maximum Gasteiger partial charge on any atom is -1.00 e. The Balaban J connectivity index is 0.000000495. The number of hydrogen-bond donors (Lipinski definition) is 0. The van der Waals surface area contributed by atoms with Crippen LogP contribution in [0.25, 0.3) is 0 Å². The Hall–Kier alpha value is -0.180. The van der Waals surface area contributed by atoms with Crippen molar-refractivity contribution in [3.05, 3.63) is 0 Å². The molecule has 0 aromatic carbocycles. The van der Waals surface area contributed by atoms with E-state index in [1.54, 1.807) is 0 Å². The molecule has 0 N–H and O–H groups in total. The van der Waals surface area contributed by atoms with Crippen LogP contribution in [0, 0.1) is 0 Å². The smallest absolute Gasteiger partial charge is 1.00 e. The molecule has 2 fully saturated rings. The molecule has 3 nitrogen and oxygen atoms in total. The van der Waals surface area contributed by atoms with Crippen LogP contribution in [0.15, 0.2) is 0 Å². The molecule has 0 spiro atoms. The van der Waals surface area contributed by atoms with E-state index in [0.717, 1.165) is 39.0 Å². The van der Waals surface area contributed by atoms with Crippen LogP contribution in [0.5, 0.6) is 0 Å². The summed E-state index contributed by atoms with van der Waals surface area (Å²) < 4.78 is 68.4. The summed E-state index contributed by atoms with van der Waals surface area (Å²) in [5, 5.41) is 0. The first-order chi connectivity index (χ1) is 9.11. The summed E-state index contributed by atoms with van der Waals surface area (Å²) in [6, 6.07) is 0. The van der Waals surface area contributed by atoms with Crippen LogP contribution in [-0.4, -0.2) is 55.6 Å². The quantitative estimate of drug-likeness (QED) is 0.422. The van der Waals surface area contributed by atoms with Gasteiger partial charge in [-0.25, -0.2) is 4.39 Å². The largest absolute Gasteiger partial charge is 1.00 e. The number of halogens is 7. The van der Waals surface area contributed by atoms with Gasteiger partial charge in [0.15, 0.2) is 0 Å². The summed E-state index contributed by atoms with van der Waals surface area (Å²) in [5.74, 6) is 0. The van der Waals surface area contributed by atoms with Crippen LogP contribution in [0.3, 0.4) is 0 Å². The van der Waals surface area contributed by atoms with Crippen molar-refractivity contribution in [1.29, 1.82) is 0 Å². The number of morpholine rings is 1. The van der Waals surface area contributed by atoms with Crippen LogP contribution >= 0.6 is 8.16 Å². The Kier molecular flexibility index (Phi) is 8.38. The van der Waals surface area contributed by atoms with Crippen molar-refractivity contribution in [3.8, 4) is 0 Å². The Bertz CT molecular complexity index is 256. The standard InChI is InChI=1S/C10H19FN2O.F5P.FH/c11-10(12-4-2-1-3-5-12)13-6-8-14-9-7-13;1-6(2,3,4)5;/h10H,1-9H2;;1H/p-1. The van der Waals surface area contributed by atoms with E-state index >= 15 is 0 Å². The molecule has 0 aromatic rings. The molecule has 0 amide bonds. The van der Waals surface area contributed by atoms with E-state index < -0.39 is 14.6 Å².